The van der Waals surface area contributed by atoms with E-state index in [1.54, 1.807) is 18.2 Å². The summed E-state index contributed by atoms with van der Waals surface area (Å²) in [6.07, 6.45) is 2.67. The van der Waals surface area contributed by atoms with Gasteiger partial charge in [-0.3, -0.25) is 0 Å². The van der Waals surface area contributed by atoms with Gasteiger partial charge >= 0.3 is 5.97 Å². The number of fused-ring (bicyclic) bond motifs is 1. The number of hydrogen-bond acceptors (Lipinski definition) is 5. The number of aldehydes is 1. The Morgan fingerprint density at radius 3 is 2.87 bits per heavy atom. The van der Waals surface area contributed by atoms with Gasteiger partial charge in [0.15, 0.2) is 0 Å². The van der Waals surface area contributed by atoms with Crippen molar-refractivity contribution in [1.29, 1.82) is 0 Å². The van der Waals surface area contributed by atoms with Crippen molar-refractivity contribution in [2.75, 3.05) is 7.11 Å². The van der Waals surface area contributed by atoms with Crippen LogP contribution in [-0.4, -0.2) is 29.6 Å². The first-order valence-corrected chi connectivity index (χ1v) is 7.63. The van der Waals surface area contributed by atoms with Crippen LogP contribution in [0.2, 0.25) is 0 Å². The largest absolute Gasteiger partial charge is 0.465 e. The second kappa shape index (κ2) is 6.28. The summed E-state index contributed by atoms with van der Waals surface area (Å²) in [4.78, 5) is 23.0. The fourth-order valence-electron chi connectivity index (χ4n) is 3.08. The highest BCUT2D eigenvalue weighted by molar-refractivity contribution is 5.90. The van der Waals surface area contributed by atoms with Gasteiger partial charge in [0.1, 0.15) is 6.29 Å². The molecule has 0 bridgehead atoms. The van der Waals surface area contributed by atoms with Crippen LogP contribution < -0.4 is 0 Å². The molecule has 0 fully saturated rings. The monoisotopic (exact) mass is 310 g/mol. The number of methoxy groups -OCH3 is 1. The van der Waals surface area contributed by atoms with Crippen LogP contribution in [0.15, 0.2) is 30.3 Å². The molecule has 1 aromatic carbocycles. The topological polar surface area (TPSA) is 69.2 Å². The molecule has 2 aromatic rings. The first-order chi connectivity index (χ1) is 11.1. The molecule has 0 saturated carbocycles. The second-order valence-electron chi connectivity index (χ2n) is 5.99. The molecule has 5 heteroatoms. The van der Waals surface area contributed by atoms with E-state index in [0.717, 1.165) is 35.9 Å². The second-order valence-corrected chi connectivity index (χ2v) is 5.99. The molecule has 1 heterocycles. The summed E-state index contributed by atoms with van der Waals surface area (Å²) in [5.41, 5.74) is 3.76. The molecule has 2 unspecified atom stereocenters. The van der Waals surface area contributed by atoms with Gasteiger partial charge in [-0.1, -0.05) is 19.1 Å². The van der Waals surface area contributed by atoms with Gasteiger partial charge in [-0.2, -0.15) is 10.2 Å². The summed E-state index contributed by atoms with van der Waals surface area (Å²) in [7, 11) is 1.35. The summed E-state index contributed by atoms with van der Waals surface area (Å²) in [6.45, 7) is 2.12. The molecule has 118 valence electrons. The lowest BCUT2D eigenvalue weighted by Crippen LogP contribution is -2.19. The van der Waals surface area contributed by atoms with Crippen LogP contribution in [0.3, 0.4) is 0 Å². The molecule has 0 aliphatic heterocycles. The highest BCUT2D eigenvalue weighted by Crippen LogP contribution is 2.34. The zero-order valence-corrected chi connectivity index (χ0v) is 13.2. The number of ether oxygens (including phenoxy) is 1. The highest BCUT2D eigenvalue weighted by atomic mass is 16.5. The predicted molar refractivity (Wildman–Crippen MR) is 85.1 cm³/mol. The van der Waals surface area contributed by atoms with Crippen molar-refractivity contribution < 1.29 is 14.3 Å². The van der Waals surface area contributed by atoms with Gasteiger partial charge in [0.05, 0.1) is 24.1 Å². The van der Waals surface area contributed by atoms with E-state index in [1.807, 2.05) is 12.1 Å². The number of carbonyl (C=O) groups is 2. The van der Waals surface area contributed by atoms with E-state index in [2.05, 4.69) is 17.1 Å². The first-order valence-electron chi connectivity index (χ1n) is 7.63. The number of esters is 1. The van der Waals surface area contributed by atoms with E-state index < -0.39 is 5.97 Å². The van der Waals surface area contributed by atoms with E-state index in [0.29, 0.717) is 17.2 Å². The summed E-state index contributed by atoms with van der Waals surface area (Å²) in [5, 5.41) is 8.59. The summed E-state index contributed by atoms with van der Waals surface area (Å²) >= 11 is 0. The Hall–Kier alpha value is -2.56. The van der Waals surface area contributed by atoms with Crippen molar-refractivity contribution in [2.45, 2.75) is 25.7 Å². The third-order valence-corrected chi connectivity index (χ3v) is 4.25. The molecule has 0 amide bonds. The fourth-order valence-corrected chi connectivity index (χ4v) is 3.08. The Balaban J connectivity index is 2.02. The van der Waals surface area contributed by atoms with Crippen molar-refractivity contribution in [3.8, 4) is 11.3 Å². The van der Waals surface area contributed by atoms with Crippen LogP contribution in [0.5, 0.6) is 0 Å². The minimum Gasteiger partial charge on any atom is -0.465 e. The predicted octanol–water partition coefficient (Wildman–Crippen LogP) is 2.80. The molecular formula is C18H18N2O3. The quantitative estimate of drug-likeness (QED) is 0.644. The molecule has 3 rings (SSSR count). The lowest BCUT2D eigenvalue weighted by molar-refractivity contribution is -0.109. The van der Waals surface area contributed by atoms with Crippen LogP contribution in [0.25, 0.3) is 11.3 Å². The van der Waals surface area contributed by atoms with Crippen molar-refractivity contribution in [3.05, 3.63) is 47.2 Å². The van der Waals surface area contributed by atoms with Gasteiger partial charge in [0.25, 0.3) is 0 Å². The summed E-state index contributed by atoms with van der Waals surface area (Å²) < 4.78 is 4.74. The van der Waals surface area contributed by atoms with Gasteiger partial charge in [-0.25, -0.2) is 4.79 Å². The molecular weight excluding hydrogens is 292 g/mol. The standard InChI is InChI=1S/C18H18N2O3/c1-11-6-14(10-21)15-9-16(19-20-17(15)7-11)12-4-3-5-13(8-12)18(22)23-2/h3-5,8-11,14H,6-7H2,1-2H3. The molecule has 2 atom stereocenters. The minimum absolute atomic E-state index is 0.133. The summed E-state index contributed by atoms with van der Waals surface area (Å²) in [5.74, 6) is -0.0929. The lowest BCUT2D eigenvalue weighted by Gasteiger charge is -2.25. The smallest absolute Gasteiger partial charge is 0.337 e. The molecule has 1 aliphatic rings. The van der Waals surface area contributed by atoms with Gasteiger partial charge in [-0.15, -0.1) is 0 Å². The molecule has 1 aliphatic carbocycles. The highest BCUT2D eigenvalue weighted by Gasteiger charge is 2.26. The number of carbonyl (C=O) groups excluding carboxylic acids is 2. The maximum absolute atomic E-state index is 11.7. The number of benzene rings is 1. The van der Waals surface area contributed by atoms with Crippen molar-refractivity contribution >= 4 is 12.3 Å². The number of aromatic nitrogens is 2. The van der Waals surface area contributed by atoms with Crippen LogP contribution in [0.4, 0.5) is 0 Å². The average Bonchev–Trinajstić information content (AvgIpc) is 2.60. The number of rotatable bonds is 3. The van der Waals surface area contributed by atoms with E-state index in [1.165, 1.54) is 7.11 Å². The minimum atomic E-state index is -0.391. The molecule has 0 radical (unpaired) electrons. The Bertz CT molecular complexity index is 758. The van der Waals surface area contributed by atoms with Crippen molar-refractivity contribution in [2.24, 2.45) is 5.92 Å². The maximum atomic E-state index is 11.7. The van der Waals surface area contributed by atoms with Gasteiger partial charge in [0, 0.05) is 11.5 Å². The van der Waals surface area contributed by atoms with Gasteiger partial charge < -0.3 is 9.53 Å². The van der Waals surface area contributed by atoms with Crippen LogP contribution >= 0.6 is 0 Å². The van der Waals surface area contributed by atoms with Crippen LogP contribution in [0.1, 0.15) is 40.9 Å². The van der Waals surface area contributed by atoms with Gasteiger partial charge in [-0.05, 0) is 42.5 Å². The molecule has 5 nitrogen and oxygen atoms in total. The van der Waals surface area contributed by atoms with E-state index in [4.69, 9.17) is 4.74 Å². The summed E-state index contributed by atoms with van der Waals surface area (Å²) in [6, 6.07) is 8.98. The van der Waals surface area contributed by atoms with Crippen molar-refractivity contribution in [3.63, 3.8) is 0 Å². The molecule has 23 heavy (non-hydrogen) atoms. The average molecular weight is 310 g/mol. The zero-order chi connectivity index (χ0) is 16.4. The van der Waals surface area contributed by atoms with Crippen molar-refractivity contribution in [1.82, 2.24) is 10.2 Å². The normalized spacial score (nSPS) is 19.7. The van der Waals surface area contributed by atoms with Gasteiger partial charge in [0.2, 0.25) is 0 Å². The molecule has 0 spiro atoms. The third kappa shape index (κ3) is 2.99. The number of hydrogen-bond donors (Lipinski definition) is 0. The third-order valence-electron chi connectivity index (χ3n) is 4.25. The Morgan fingerprint density at radius 1 is 1.30 bits per heavy atom. The lowest BCUT2D eigenvalue weighted by atomic mass is 9.80. The Labute approximate surface area is 134 Å². The molecule has 0 N–H and O–H groups in total. The van der Waals surface area contributed by atoms with Crippen LogP contribution in [0, 0.1) is 5.92 Å². The number of nitrogens with zero attached hydrogens (tertiary/aromatic N) is 2. The van der Waals surface area contributed by atoms with E-state index in [9.17, 15) is 9.59 Å². The SMILES string of the molecule is COC(=O)c1cccc(-c2cc3c(nn2)CC(C)CC3C=O)c1. The fraction of sp³-hybridized carbons (Fsp3) is 0.333. The maximum Gasteiger partial charge on any atom is 0.337 e. The Kier molecular flexibility index (Phi) is 4.19. The Morgan fingerprint density at radius 2 is 2.13 bits per heavy atom. The van der Waals surface area contributed by atoms with E-state index in [-0.39, 0.29) is 5.92 Å². The first kappa shape index (κ1) is 15.3. The molecule has 0 saturated heterocycles. The molecule has 1 aromatic heterocycles. The van der Waals surface area contributed by atoms with Crippen LogP contribution in [-0.2, 0) is 16.0 Å². The van der Waals surface area contributed by atoms with E-state index >= 15 is 0 Å². The zero-order valence-electron chi connectivity index (χ0n) is 13.2.